The van der Waals surface area contributed by atoms with Crippen LogP contribution in [-0.2, 0) is 11.2 Å². The Morgan fingerprint density at radius 2 is 2.14 bits per heavy atom. The Morgan fingerprint density at radius 3 is 2.93 bits per heavy atom. The number of hydrogen-bond donors (Lipinski definition) is 2. The Labute approximate surface area is 252 Å². The summed E-state index contributed by atoms with van der Waals surface area (Å²) in [5.74, 6) is 7.61. The number of hydrogen-bond acceptors (Lipinski definition) is 6. The number of halogens is 1. The predicted octanol–water partition coefficient (Wildman–Crippen LogP) is 5.71. The summed E-state index contributed by atoms with van der Waals surface area (Å²) < 4.78 is 5.57. The molecule has 1 saturated heterocycles. The van der Waals surface area contributed by atoms with E-state index in [2.05, 4.69) is 34.0 Å². The van der Waals surface area contributed by atoms with Crippen LogP contribution in [0.5, 0.6) is 5.75 Å². The number of H-pyrrole nitrogens is 1. The van der Waals surface area contributed by atoms with Crippen LogP contribution in [0.15, 0.2) is 48.8 Å². The molecular formula is C33H36ClN5O3. The number of nitrogens with one attached hydrogen (secondary N) is 2. The van der Waals surface area contributed by atoms with Gasteiger partial charge >= 0.3 is 0 Å². The molecule has 1 fully saturated rings. The van der Waals surface area contributed by atoms with Crippen molar-refractivity contribution in [3.05, 3.63) is 70.7 Å². The highest BCUT2D eigenvalue weighted by molar-refractivity contribution is 6.32. The minimum Gasteiger partial charge on any atom is -0.493 e. The number of aromatic amines is 1. The van der Waals surface area contributed by atoms with Crippen molar-refractivity contribution in [2.24, 2.45) is 5.92 Å². The first-order chi connectivity index (χ1) is 20.3. The maximum atomic E-state index is 13.2. The van der Waals surface area contributed by atoms with Crippen molar-refractivity contribution in [1.82, 2.24) is 19.8 Å². The summed E-state index contributed by atoms with van der Waals surface area (Å²) in [6.45, 7) is 3.51. The van der Waals surface area contributed by atoms with Crippen LogP contribution >= 0.6 is 11.6 Å². The van der Waals surface area contributed by atoms with E-state index in [1.807, 2.05) is 48.2 Å². The zero-order chi connectivity index (χ0) is 29.8. The number of aryl methyl sites for hydroxylation is 1. The summed E-state index contributed by atoms with van der Waals surface area (Å²) in [6.07, 6.45) is 9.83. The number of carbonyl (C=O) groups excluding carboxylic acids is 2. The molecule has 0 radical (unpaired) electrons. The highest BCUT2D eigenvalue weighted by Crippen LogP contribution is 2.42. The molecule has 0 unspecified atom stereocenters. The number of ether oxygens (including phenoxy) is 1. The number of rotatable bonds is 7. The number of carbonyl (C=O) groups is 2. The van der Waals surface area contributed by atoms with Crippen molar-refractivity contribution in [2.45, 2.75) is 38.6 Å². The maximum absolute atomic E-state index is 13.2. The lowest BCUT2D eigenvalue weighted by Crippen LogP contribution is -2.33. The van der Waals surface area contributed by atoms with Crippen molar-refractivity contribution in [3.8, 4) is 28.8 Å². The van der Waals surface area contributed by atoms with Gasteiger partial charge < -0.3 is 24.8 Å². The molecule has 3 heterocycles. The Bertz CT molecular complexity index is 1580. The highest BCUT2D eigenvalue weighted by atomic mass is 35.5. The average Bonchev–Trinajstić information content (AvgIpc) is 3.52. The largest absolute Gasteiger partial charge is 0.493 e. The zero-order valence-corrected chi connectivity index (χ0v) is 25.2. The molecule has 42 heavy (non-hydrogen) atoms. The van der Waals surface area contributed by atoms with Gasteiger partial charge in [0.05, 0.1) is 46.4 Å². The Morgan fingerprint density at radius 1 is 1.31 bits per heavy atom. The van der Waals surface area contributed by atoms with Gasteiger partial charge in [-0.2, -0.15) is 0 Å². The molecule has 1 aromatic carbocycles. The van der Waals surface area contributed by atoms with Crippen LogP contribution < -0.4 is 10.1 Å². The monoisotopic (exact) mass is 585 g/mol. The Kier molecular flexibility index (Phi) is 9.00. The molecule has 2 aliphatic rings. The molecule has 0 spiro atoms. The molecule has 218 valence electrons. The molecule has 5 rings (SSSR count). The smallest absolute Gasteiger partial charge is 0.247 e. The van der Waals surface area contributed by atoms with Crippen molar-refractivity contribution in [2.75, 3.05) is 39.6 Å². The number of anilines is 2. The van der Waals surface area contributed by atoms with Gasteiger partial charge in [-0.3, -0.25) is 14.6 Å². The first kappa shape index (κ1) is 29.4. The number of likely N-dealkylation sites (tertiary alicyclic amines) is 1. The third-order valence-electron chi connectivity index (χ3n) is 7.61. The van der Waals surface area contributed by atoms with E-state index < -0.39 is 0 Å². The number of nitrogens with zero attached hydrogens (tertiary/aromatic N) is 3. The summed E-state index contributed by atoms with van der Waals surface area (Å²) in [7, 11) is 5.50. The molecule has 2 atom stereocenters. The maximum Gasteiger partial charge on any atom is 0.247 e. The van der Waals surface area contributed by atoms with Crippen LogP contribution in [0.3, 0.4) is 0 Å². The summed E-state index contributed by atoms with van der Waals surface area (Å²) in [4.78, 5) is 37.9. The fraction of sp³-hybridized carbons (Fsp3) is 0.364. The van der Waals surface area contributed by atoms with Crippen molar-refractivity contribution >= 4 is 34.7 Å². The number of aromatic nitrogens is 2. The SMILES string of the molecule is COc1c(Cl)cccc1Nc1c(-c2ccncc2C#C[C@H]2C[C@@H](C)CN2C(=O)/C=C/CN(C)C)[nH]c2c1C(=O)CCC2. The van der Waals surface area contributed by atoms with Crippen LogP contribution in [0, 0.1) is 17.8 Å². The second-order valence-corrected chi connectivity index (χ2v) is 11.6. The second-order valence-electron chi connectivity index (χ2n) is 11.2. The first-order valence-electron chi connectivity index (χ1n) is 14.2. The molecule has 9 heteroatoms. The molecule has 1 aliphatic carbocycles. The Balaban J connectivity index is 1.53. The quantitative estimate of drug-likeness (QED) is 0.273. The minimum atomic E-state index is -0.198. The van der Waals surface area contributed by atoms with E-state index in [4.69, 9.17) is 16.3 Å². The van der Waals surface area contributed by atoms with Gasteiger partial charge in [0.1, 0.15) is 0 Å². The normalized spacial score (nSPS) is 18.2. The lowest BCUT2D eigenvalue weighted by atomic mass is 9.94. The number of pyridine rings is 1. The molecule has 1 aliphatic heterocycles. The van der Waals surface area contributed by atoms with Gasteiger partial charge in [0, 0.05) is 49.2 Å². The number of fused-ring (bicyclic) bond motifs is 1. The second kappa shape index (κ2) is 12.8. The van der Waals surface area contributed by atoms with E-state index >= 15 is 0 Å². The van der Waals surface area contributed by atoms with Gasteiger partial charge in [-0.1, -0.05) is 42.5 Å². The molecule has 3 aromatic rings. The molecule has 2 N–H and O–H groups in total. The zero-order valence-electron chi connectivity index (χ0n) is 24.5. The molecular weight excluding hydrogens is 550 g/mol. The van der Waals surface area contributed by atoms with Crippen LogP contribution in [0.25, 0.3) is 11.3 Å². The number of methoxy groups -OCH3 is 1. The number of para-hydroxylation sites is 1. The minimum absolute atomic E-state index is 0.0237. The van der Waals surface area contributed by atoms with E-state index in [0.717, 1.165) is 36.2 Å². The lowest BCUT2D eigenvalue weighted by Gasteiger charge is -2.19. The third-order valence-corrected chi connectivity index (χ3v) is 7.90. The van der Waals surface area contributed by atoms with E-state index in [9.17, 15) is 9.59 Å². The van der Waals surface area contributed by atoms with Crippen molar-refractivity contribution in [3.63, 3.8) is 0 Å². The number of benzene rings is 1. The van der Waals surface area contributed by atoms with Gasteiger partial charge in [0.15, 0.2) is 11.5 Å². The molecule has 1 amide bonds. The number of Topliss-reactive ketones (excluding diaryl/α,β-unsaturated/α-hetero) is 1. The van der Waals surface area contributed by atoms with Gasteiger partial charge in [0.2, 0.25) is 5.91 Å². The topological polar surface area (TPSA) is 90.6 Å². The van der Waals surface area contributed by atoms with E-state index in [-0.39, 0.29) is 17.7 Å². The summed E-state index contributed by atoms with van der Waals surface area (Å²) >= 11 is 6.41. The van der Waals surface area contributed by atoms with Gasteiger partial charge in [-0.15, -0.1) is 0 Å². The van der Waals surface area contributed by atoms with Crippen LogP contribution in [-0.4, -0.2) is 71.8 Å². The van der Waals surface area contributed by atoms with E-state index in [0.29, 0.717) is 58.7 Å². The van der Waals surface area contributed by atoms with Crippen molar-refractivity contribution < 1.29 is 14.3 Å². The fourth-order valence-corrected chi connectivity index (χ4v) is 5.89. The van der Waals surface area contributed by atoms with Crippen molar-refractivity contribution in [1.29, 1.82) is 0 Å². The molecule has 0 saturated carbocycles. The van der Waals surface area contributed by atoms with Gasteiger partial charge in [-0.05, 0) is 57.5 Å². The first-order valence-corrected chi connectivity index (χ1v) is 14.6. The standard InChI is InChI=1S/C33H36ClN5O3/c1-21-18-23(39(20-21)29(41)12-7-17-38(2)3)14-13-22-19-35-16-15-24(22)31-32(30-26(36-31)9-6-11-28(30)40)37-27-10-5-8-25(34)33(27)42-4/h5,7-8,10,12,15-16,19,21,23,36-37H,6,9,11,17-18,20H2,1-4H3/b12-7+/t21-,23+/m1/s1. The van der Waals surface area contributed by atoms with Crippen LogP contribution in [0.2, 0.25) is 5.02 Å². The van der Waals surface area contributed by atoms with Gasteiger partial charge in [-0.25, -0.2) is 0 Å². The fourth-order valence-electron chi connectivity index (χ4n) is 5.63. The van der Waals surface area contributed by atoms with Crippen LogP contribution in [0.4, 0.5) is 11.4 Å². The lowest BCUT2D eigenvalue weighted by molar-refractivity contribution is -0.126. The molecule has 2 aromatic heterocycles. The molecule has 8 nitrogen and oxygen atoms in total. The number of amides is 1. The summed E-state index contributed by atoms with van der Waals surface area (Å²) in [5.41, 5.74) is 5.15. The van der Waals surface area contributed by atoms with E-state index in [1.54, 1.807) is 31.6 Å². The highest BCUT2D eigenvalue weighted by Gasteiger charge is 2.31. The summed E-state index contributed by atoms with van der Waals surface area (Å²) in [6, 6.07) is 7.17. The van der Waals surface area contributed by atoms with Gasteiger partial charge in [0.25, 0.3) is 0 Å². The summed E-state index contributed by atoms with van der Waals surface area (Å²) in [5, 5.41) is 3.92. The predicted molar refractivity (Wildman–Crippen MR) is 166 cm³/mol. The number of likely N-dealkylation sites (N-methyl/N-ethyl adjacent to an activating group) is 1. The van der Waals surface area contributed by atoms with Crippen LogP contribution in [0.1, 0.15) is 47.8 Å². The molecule has 0 bridgehead atoms. The average molecular weight is 586 g/mol. The number of ketones is 1. The third kappa shape index (κ3) is 6.23. The Hall–Kier alpha value is -4.06. The van der Waals surface area contributed by atoms with E-state index in [1.165, 1.54) is 0 Å².